The van der Waals surface area contributed by atoms with E-state index in [1.807, 2.05) is 24.3 Å². The summed E-state index contributed by atoms with van der Waals surface area (Å²) in [5.41, 5.74) is 5.56. The van der Waals surface area contributed by atoms with Crippen LogP contribution in [0.2, 0.25) is 0 Å². The smallest absolute Gasteiger partial charge is 0.257 e. The van der Waals surface area contributed by atoms with Crippen molar-refractivity contribution in [3.63, 3.8) is 0 Å². The molecule has 3 aromatic rings. The number of aromatic nitrogens is 1. The van der Waals surface area contributed by atoms with Gasteiger partial charge in [0.15, 0.2) is 12.2 Å². The summed E-state index contributed by atoms with van der Waals surface area (Å²) in [4.78, 5) is 17.3. The number of rotatable bonds is 5. The van der Waals surface area contributed by atoms with Crippen LogP contribution < -0.4 is 5.43 Å². The van der Waals surface area contributed by atoms with Crippen LogP contribution in [0.15, 0.2) is 64.6 Å². The summed E-state index contributed by atoms with van der Waals surface area (Å²) < 4.78 is 5.24. The molecule has 3 rings (SSSR count). The highest BCUT2D eigenvalue weighted by molar-refractivity contribution is 5.98. The second kappa shape index (κ2) is 7.52. The van der Waals surface area contributed by atoms with E-state index in [2.05, 4.69) is 15.5 Å². The number of phenols is 1. The lowest BCUT2D eigenvalue weighted by Crippen LogP contribution is -2.21. The Bertz CT molecular complexity index is 916. The van der Waals surface area contributed by atoms with Crippen molar-refractivity contribution in [3.8, 4) is 17.1 Å². The van der Waals surface area contributed by atoms with Crippen LogP contribution in [0.5, 0.6) is 5.75 Å². The van der Waals surface area contributed by atoms with E-state index in [9.17, 15) is 9.90 Å². The first-order valence-electron chi connectivity index (χ1n) is 7.87. The molecular weight excluding hydrogens is 332 g/mol. The average Bonchev–Trinajstić information content (AvgIpc) is 3.18. The standard InChI is InChI=1S/C19H18N4O3/c1-23(2)19(25)16-9-13(3-8-17(16)24)10-21-22-15-6-4-14(5-7-15)18-11-20-12-26-18/h3-12,22,24H,1-2H3. The molecule has 1 aromatic heterocycles. The molecule has 1 heterocycles. The quantitative estimate of drug-likeness (QED) is 0.545. The maximum Gasteiger partial charge on any atom is 0.257 e. The number of nitrogens with zero attached hydrogens (tertiary/aromatic N) is 3. The Balaban J connectivity index is 1.69. The Kier molecular flexibility index (Phi) is 4.98. The minimum atomic E-state index is -0.270. The maximum atomic E-state index is 12.0. The van der Waals surface area contributed by atoms with Crippen LogP contribution in [0.25, 0.3) is 11.3 Å². The Morgan fingerprint density at radius 1 is 1.23 bits per heavy atom. The van der Waals surface area contributed by atoms with E-state index in [4.69, 9.17) is 4.42 Å². The zero-order valence-corrected chi connectivity index (χ0v) is 14.4. The van der Waals surface area contributed by atoms with Gasteiger partial charge in [-0.2, -0.15) is 5.10 Å². The van der Waals surface area contributed by atoms with E-state index in [-0.39, 0.29) is 17.2 Å². The van der Waals surface area contributed by atoms with Gasteiger partial charge < -0.3 is 14.4 Å². The molecule has 0 atom stereocenters. The largest absolute Gasteiger partial charge is 0.507 e. The number of benzene rings is 2. The van der Waals surface area contributed by atoms with Crippen LogP contribution >= 0.6 is 0 Å². The molecule has 0 unspecified atom stereocenters. The Labute approximate surface area is 150 Å². The number of anilines is 1. The number of phenolic OH excluding ortho intramolecular Hbond substituents is 1. The lowest BCUT2D eigenvalue weighted by molar-refractivity contribution is 0.0824. The molecular formula is C19H18N4O3. The Hall–Kier alpha value is -3.61. The average molecular weight is 350 g/mol. The number of hydrogen-bond acceptors (Lipinski definition) is 6. The first kappa shape index (κ1) is 17.2. The van der Waals surface area contributed by atoms with E-state index in [1.54, 1.807) is 38.6 Å². The van der Waals surface area contributed by atoms with Gasteiger partial charge >= 0.3 is 0 Å². The van der Waals surface area contributed by atoms with E-state index in [0.717, 1.165) is 11.3 Å². The molecule has 132 valence electrons. The highest BCUT2D eigenvalue weighted by Crippen LogP contribution is 2.21. The second-order valence-corrected chi connectivity index (χ2v) is 5.79. The van der Waals surface area contributed by atoms with Gasteiger partial charge in [0.25, 0.3) is 5.91 Å². The third-order valence-electron chi connectivity index (χ3n) is 3.67. The normalized spacial score (nSPS) is 10.8. The topological polar surface area (TPSA) is 91.0 Å². The number of hydrazone groups is 1. The number of oxazole rings is 1. The van der Waals surface area contributed by atoms with Crippen LogP contribution in [0, 0.1) is 0 Å². The summed E-state index contributed by atoms with van der Waals surface area (Å²) in [6, 6.07) is 12.3. The number of amides is 1. The van der Waals surface area contributed by atoms with Crippen molar-refractivity contribution in [2.24, 2.45) is 5.10 Å². The molecule has 0 aliphatic carbocycles. The van der Waals surface area contributed by atoms with Crippen LogP contribution in [-0.2, 0) is 0 Å². The number of carbonyl (C=O) groups excluding carboxylic acids is 1. The predicted octanol–water partition coefficient (Wildman–Crippen LogP) is 3.20. The molecule has 7 nitrogen and oxygen atoms in total. The van der Waals surface area contributed by atoms with Crippen molar-refractivity contribution in [3.05, 3.63) is 66.2 Å². The molecule has 0 bridgehead atoms. The van der Waals surface area contributed by atoms with Crippen molar-refractivity contribution < 1.29 is 14.3 Å². The summed E-state index contributed by atoms with van der Waals surface area (Å²) in [6.07, 6.45) is 4.62. The number of aromatic hydroxyl groups is 1. The van der Waals surface area contributed by atoms with Gasteiger partial charge in [0.2, 0.25) is 0 Å². The summed E-state index contributed by atoms with van der Waals surface area (Å²) in [5.74, 6) is 0.368. The molecule has 2 N–H and O–H groups in total. The maximum absolute atomic E-state index is 12.0. The van der Waals surface area contributed by atoms with Crippen molar-refractivity contribution >= 4 is 17.8 Å². The highest BCUT2D eigenvalue weighted by Gasteiger charge is 2.13. The lowest BCUT2D eigenvalue weighted by atomic mass is 10.1. The fourth-order valence-electron chi connectivity index (χ4n) is 2.29. The van der Waals surface area contributed by atoms with E-state index >= 15 is 0 Å². The molecule has 0 saturated heterocycles. The fourth-order valence-corrected chi connectivity index (χ4v) is 2.29. The van der Waals surface area contributed by atoms with Gasteiger partial charge in [0, 0.05) is 19.7 Å². The molecule has 0 fully saturated rings. The molecule has 0 aliphatic rings. The monoisotopic (exact) mass is 350 g/mol. The van der Waals surface area contributed by atoms with Crippen LogP contribution in [0.4, 0.5) is 5.69 Å². The molecule has 0 spiro atoms. The van der Waals surface area contributed by atoms with E-state index in [0.29, 0.717) is 11.3 Å². The fraction of sp³-hybridized carbons (Fsp3) is 0.105. The van der Waals surface area contributed by atoms with Crippen molar-refractivity contribution in [2.75, 3.05) is 19.5 Å². The van der Waals surface area contributed by atoms with Gasteiger partial charge in [0.1, 0.15) is 5.75 Å². The van der Waals surface area contributed by atoms with Crippen LogP contribution in [-0.4, -0.2) is 41.2 Å². The zero-order chi connectivity index (χ0) is 18.5. The first-order valence-corrected chi connectivity index (χ1v) is 7.87. The van der Waals surface area contributed by atoms with Gasteiger partial charge in [0.05, 0.1) is 23.7 Å². The Morgan fingerprint density at radius 2 is 2.00 bits per heavy atom. The molecule has 7 heteroatoms. The van der Waals surface area contributed by atoms with Gasteiger partial charge in [-0.25, -0.2) is 4.98 Å². The number of nitrogens with one attached hydrogen (secondary N) is 1. The zero-order valence-electron chi connectivity index (χ0n) is 14.4. The molecule has 26 heavy (non-hydrogen) atoms. The summed E-state index contributed by atoms with van der Waals surface area (Å²) in [7, 11) is 3.26. The van der Waals surface area contributed by atoms with Crippen molar-refractivity contribution in [1.82, 2.24) is 9.88 Å². The molecule has 0 radical (unpaired) electrons. The van der Waals surface area contributed by atoms with Gasteiger partial charge in [-0.1, -0.05) is 0 Å². The number of hydrogen-bond donors (Lipinski definition) is 2. The second-order valence-electron chi connectivity index (χ2n) is 5.79. The summed E-state index contributed by atoms with van der Waals surface area (Å²) in [6.45, 7) is 0. The van der Waals surface area contributed by atoms with Gasteiger partial charge in [-0.05, 0) is 48.0 Å². The van der Waals surface area contributed by atoms with E-state index in [1.165, 1.54) is 17.4 Å². The van der Waals surface area contributed by atoms with Gasteiger partial charge in [-0.3, -0.25) is 10.2 Å². The predicted molar refractivity (Wildman–Crippen MR) is 99.3 cm³/mol. The minimum Gasteiger partial charge on any atom is -0.507 e. The highest BCUT2D eigenvalue weighted by atomic mass is 16.3. The van der Waals surface area contributed by atoms with E-state index < -0.39 is 0 Å². The third-order valence-corrected chi connectivity index (χ3v) is 3.67. The molecule has 0 saturated carbocycles. The molecule has 1 amide bonds. The summed E-state index contributed by atoms with van der Waals surface area (Å²) >= 11 is 0. The third kappa shape index (κ3) is 3.89. The molecule has 0 aliphatic heterocycles. The van der Waals surface area contributed by atoms with Gasteiger partial charge in [-0.15, -0.1) is 0 Å². The summed E-state index contributed by atoms with van der Waals surface area (Å²) in [5, 5.41) is 14.0. The van der Waals surface area contributed by atoms with Crippen LogP contribution in [0.1, 0.15) is 15.9 Å². The van der Waals surface area contributed by atoms with Crippen molar-refractivity contribution in [1.29, 1.82) is 0 Å². The number of carbonyl (C=O) groups is 1. The molecule has 2 aromatic carbocycles. The lowest BCUT2D eigenvalue weighted by Gasteiger charge is -2.11. The van der Waals surface area contributed by atoms with Crippen LogP contribution in [0.3, 0.4) is 0 Å². The Morgan fingerprint density at radius 3 is 2.65 bits per heavy atom. The first-order chi connectivity index (χ1) is 12.5. The SMILES string of the molecule is CN(C)C(=O)c1cc(C=NNc2ccc(-c3cnco3)cc2)ccc1O. The van der Waals surface area contributed by atoms with Crippen molar-refractivity contribution in [2.45, 2.75) is 0 Å². The minimum absolute atomic E-state index is 0.0585.